The van der Waals surface area contributed by atoms with Crippen molar-refractivity contribution >= 4 is 44.9 Å². The zero-order valence-electron chi connectivity index (χ0n) is 9.18. The van der Waals surface area contributed by atoms with E-state index in [0.717, 1.165) is 24.6 Å². The molecule has 1 rings (SSSR count). The number of benzene rings is 1. The number of hydrogen-bond acceptors (Lipinski definition) is 2. The topological polar surface area (TPSA) is 37.3 Å². The normalized spacial score (nSPS) is 10.5. The molecular weight excluding hydrogens is 327 g/mol. The average Bonchev–Trinajstić information content (AvgIpc) is 2.31. The molecule has 17 heavy (non-hydrogen) atoms. The average molecular weight is 340 g/mol. The van der Waals surface area contributed by atoms with Gasteiger partial charge in [-0.15, -0.1) is 0 Å². The number of phenolic OH excluding ortho intramolecular Hbond substituents is 1. The molecule has 0 radical (unpaired) electrons. The van der Waals surface area contributed by atoms with Crippen LogP contribution in [-0.2, 0) is 0 Å². The predicted octanol–water partition coefficient (Wildman–Crippen LogP) is 4.84. The van der Waals surface area contributed by atoms with Gasteiger partial charge in [0, 0.05) is 17.3 Å². The summed E-state index contributed by atoms with van der Waals surface area (Å²) in [5, 5.41) is 10.4. The Morgan fingerprint density at radius 1 is 1.18 bits per heavy atom. The lowest BCUT2D eigenvalue weighted by atomic mass is 10.0. The largest absolute Gasteiger partial charge is 0.506 e. The van der Waals surface area contributed by atoms with Gasteiger partial charge in [-0.1, -0.05) is 45.6 Å². The number of unbranched alkanes of at least 4 members (excludes halogenated alkanes) is 2. The lowest BCUT2D eigenvalue weighted by Gasteiger charge is -2.06. The number of aromatic hydroxyl groups is 1. The summed E-state index contributed by atoms with van der Waals surface area (Å²) in [6, 6.07) is 2.90. The molecule has 0 saturated carbocycles. The summed E-state index contributed by atoms with van der Waals surface area (Å²) in [7, 11) is 0. The van der Waals surface area contributed by atoms with Crippen molar-refractivity contribution in [3.63, 3.8) is 0 Å². The minimum Gasteiger partial charge on any atom is -0.506 e. The monoisotopic (exact) mass is 338 g/mol. The third-order valence-electron chi connectivity index (χ3n) is 2.40. The molecule has 0 amide bonds. The van der Waals surface area contributed by atoms with Crippen molar-refractivity contribution in [2.45, 2.75) is 25.7 Å². The summed E-state index contributed by atoms with van der Waals surface area (Å²) in [6.07, 6.45) is 3.34. The lowest BCUT2D eigenvalue weighted by Crippen LogP contribution is -2.00. The van der Waals surface area contributed by atoms with Crippen molar-refractivity contribution in [2.75, 3.05) is 5.33 Å². The van der Waals surface area contributed by atoms with Crippen LogP contribution in [0.3, 0.4) is 0 Å². The lowest BCUT2D eigenvalue weighted by molar-refractivity contribution is 0.0979. The number of ketones is 1. The van der Waals surface area contributed by atoms with Crippen molar-refractivity contribution in [3.8, 4) is 5.75 Å². The van der Waals surface area contributed by atoms with E-state index in [4.69, 9.17) is 23.2 Å². The summed E-state index contributed by atoms with van der Waals surface area (Å²) >= 11 is 15.0. The van der Waals surface area contributed by atoms with Crippen LogP contribution < -0.4 is 0 Å². The predicted molar refractivity (Wildman–Crippen MR) is 74.7 cm³/mol. The van der Waals surface area contributed by atoms with Gasteiger partial charge in [-0.05, 0) is 25.0 Å². The summed E-state index contributed by atoms with van der Waals surface area (Å²) in [5.74, 6) is -0.140. The van der Waals surface area contributed by atoms with Crippen LogP contribution >= 0.6 is 39.1 Å². The van der Waals surface area contributed by atoms with E-state index in [1.54, 1.807) is 0 Å². The maximum Gasteiger partial charge on any atom is 0.164 e. The Balaban J connectivity index is 2.66. The van der Waals surface area contributed by atoms with E-state index in [-0.39, 0.29) is 21.6 Å². The molecule has 0 fully saturated rings. The highest BCUT2D eigenvalue weighted by Gasteiger charge is 2.14. The van der Waals surface area contributed by atoms with E-state index in [1.807, 2.05) is 0 Å². The molecule has 0 atom stereocenters. The van der Waals surface area contributed by atoms with Gasteiger partial charge < -0.3 is 5.11 Å². The first kappa shape index (κ1) is 14.8. The fourth-order valence-corrected chi connectivity index (χ4v) is 2.27. The van der Waals surface area contributed by atoms with Gasteiger partial charge in [0.25, 0.3) is 0 Å². The maximum absolute atomic E-state index is 11.9. The van der Waals surface area contributed by atoms with Crippen LogP contribution in [0.4, 0.5) is 0 Å². The summed E-state index contributed by atoms with van der Waals surface area (Å²) in [6.45, 7) is 0. The van der Waals surface area contributed by atoms with Crippen LogP contribution in [0.15, 0.2) is 12.1 Å². The Bertz CT molecular complexity index is 408. The number of halogens is 3. The van der Waals surface area contributed by atoms with Crippen LogP contribution in [0.5, 0.6) is 5.75 Å². The molecule has 0 unspecified atom stereocenters. The third-order valence-corrected chi connectivity index (χ3v) is 3.83. The number of phenols is 1. The Hall–Kier alpha value is -0.250. The van der Waals surface area contributed by atoms with Gasteiger partial charge in [-0.25, -0.2) is 0 Å². The van der Waals surface area contributed by atoms with Gasteiger partial charge in [0.1, 0.15) is 10.8 Å². The van der Waals surface area contributed by atoms with Gasteiger partial charge in [0.05, 0.1) is 5.02 Å². The smallest absolute Gasteiger partial charge is 0.164 e. The molecule has 0 aliphatic rings. The number of carbonyl (C=O) groups is 1. The molecule has 2 nitrogen and oxygen atoms in total. The van der Waals surface area contributed by atoms with Crippen LogP contribution in [0.2, 0.25) is 10.0 Å². The first-order valence-electron chi connectivity index (χ1n) is 5.34. The van der Waals surface area contributed by atoms with E-state index in [9.17, 15) is 9.90 Å². The maximum atomic E-state index is 11.9. The summed E-state index contributed by atoms with van der Waals surface area (Å²) < 4.78 is 0. The molecule has 0 heterocycles. The Labute approximate surface area is 119 Å². The van der Waals surface area contributed by atoms with E-state index >= 15 is 0 Å². The van der Waals surface area contributed by atoms with Crippen molar-refractivity contribution in [3.05, 3.63) is 27.7 Å². The number of rotatable bonds is 6. The summed E-state index contributed by atoms with van der Waals surface area (Å²) in [5.41, 5.74) is 0.383. The molecule has 1 N–H and O–H groups in total. The molecular formula is C12H13BrCl2O2. The molecule has 0 aliphatic carbocycles. The van der Waals surface area contributed by atoms with E-state index < -0.39 is 0 Å². The van der Waals surface area contributed by atoms with E-state index in [0.29, 0.717) is 12.0 Å². The molecule has 0 aromatic heterocycles. The Morgan fingerprint density at radius 3 is 2.53 bits per heavy atom. The Morgan fingerprint density at radius 2 is 1.88 bits per heavy atom. The molecule has 0 bridgehead atoms. The fourth-order valence-electron chi connectivity index (χ4n) is 1.45. The van der Waals surface area contributed by atoms with E-state index in [2.05, 4.69) is 15.9 Å². The van der Waals surface area contributed by atoms with Gasteiger partial charge in [0.2, 0.25) is 0 Å². The van der Waals surface area contributed by atoms with Crippen molar-refractivity contribution in [1.82, 2.24) is 0 Å². The SMILES string of the molecule is O=C(CCCCCBr)c1ccc(O)c(Cl)c1Cl. The first-order valence-corrected chi connectivity index (χ1v) is 7.21. The quantitative estimate of drug-likeness (QED) is 0.457. The zero-order chi connectivity index (χ0) is 12.8. The van der Waals surface area contributed by atoms with Gasteiger partial charge in [0.15, 0.2) is 5.78 Å². The second-order valence-electron chi connectivity index (χ2n) is 3.68. The summed E-state index contributed by atoms with van der Waals surface area (Å²) in [4.78, 5) is 11.9. The number of hydrogen-bond donors (Lipinski definition) is 1. The highest BCUT2D eigenvalue weighted by molar-refractivity contribution is 9.09. The minimum atomic E-state index is -0.104. The van der Waals surface area contributed by atoms with Gasteiger partial charge >= 0.3 is 0 Å². The van der Waals surface area contributed by atoms with Crippen LogP contribution in [-0.4, -0.2) is 16.2 Å². The number of alkyl halides is 1. The zero-order valence-corrected chi connectivity index (χ0v) is 12.3. The van der Waals surface area contributed by atoms with Crippen molar-refractivity contribution in [2.24, 2.45) is 0 Å². The highest BCUT2D eigenvalue weighted by atomic mass is 79.9. The molecule has 94 valence electrons. The molecule has 0 spiro atoms. The first-order chi connectivity index (χ1) is 8.07. The highest BCUT2D eigenvalue weighted by Crippen LogP contribution is 2.34. The number of carbonyl (C=O) groups excluding carboxylic acids is 1. The second kappa shape index (κ2) is 7.24. The van der Waals surface area contributed by atoms with Crippen LogP contribution in [0.25, 0.3) is 0 Å². The van der Waals surface area contributed by atoms with Crippen molar-refractivity contribution in [1.29, 1.82) is 0 Å². The Kier molecular flexibility index (Phi) is 6.31. The minimum absolute atomic E-state index is 0.0357. The molecule has 1 aromatic rings. The van der Waals surface area contributed by atoms with Gasteiger partial charge in [-0.2, -0.15) is 0 Å². The van der Waals surface area contributed by atoms with Crippen LogP contribution in [0, 0.1) is 0 Å². The number of Topliss-reactive ketones (excluding diaryl/α,β-unsaturated/α-hetero) is 1. The standard InChI is InChI=1S/C12H13BrCl2O2/c13-7-3-1-2-4-9(16)8-5-6-10(17)12(15)11(8)14/h5-6,17H,1-4,7H2. The molecule has 0 saturated heterocycles. The molecule has 5 heteroatoms. The second-order valence-corrected chi connectivity index (χ2v) is 5.23. The van der Waals surface area contributed by atoms with Crippen LogP contribution in [0.1, 0.15) is 36.0 Å². The van der Waals surface area contributed by atoms with Gasteiger partial charge in [-0.3, -0.25) is 4.79 Å². The molecule has 1 aromatic carbocycles. The van der Waals surface area contributed by atoms with E-state index in [1.165, 1.54) is 12.1 Å². The molecule has 0 aliphatic heterocycles. The third kappa shape index (κ3) is 4.16. The fraction of sp³-hybridized carbons (Fsp3) is 0.417. The van der Waals surface area contributed by atoms with Crippen molar-refractivity contribution < 1.29 is 9.90 Å².